The molecule has 0 aromatic rings. The fraction of sp³-hybridized carbons (Fsp3) is 1.00. The third-order valence-electron chi connectivity index (χ3n) is 3.08. The van der Waals surface area contributed by atoms with Crippen LogP contribution in [0.15, 0.2) is 0 Å². The van der Waals surface area contributed by atoms with Crippen LogP contribution in [0.1, 0.15) is 26.7 Å². The van der Waals surface area contributed by atoms with Crippen LogP contribution in [-0.4, -0.2) is 25.5 Å². The molecule has 0 N–H and O–H groups in total. The molecule has 0 aromatic carbocycles. The third-order valence-corrected chi connectivity index (χ3v) is 3.08. The molecule has 0 aromatic heterocycles. The van der Waals surface area contributed by atoms with Gasteiger partial charge in [0.25, 0.3) is 0 Å². The summed E-state index contributed by atoms with van der Waals surface area (Å²) in [4.78, 5) is 2.32. The minimum absolute atomic E-state index is 0.991. The van der Waals surface area contributed by atoms with E-state index in [1.54, 1.807) is 0 Å². The maximum absolute atomic E-state index is 2.39. The second-order valence-electron chi connectivity index (χ2n) is 4.31. The molecule has 1 heteroatoms. The van der Waals surface area contributed by atoms with Crippen molar-refractivity contribution in [2.75, 3.05) is 20.6 Å². The highest BCUT2D eigenvalue weighted by Crippen LogP contribution is 2.42. The first-order valence-electron chi connectivity index (χ1n) is 4.79. The van der Waals surface area contributed by atoms with Gasteiger partial charge >= 0.3 is 0 Å². The Labute approximate surface area is 70.8 Å². The molecule has 0 amide bonds. The van der Waals surface area contributed by atoms with Crippen LogP contribution in [0, 0.1) is 17.8 Å². The highest BCUT2D eigenvalue weighted by atomic mass is 15.1. The largest absolute Gasteiger partial charge is 0.309 e. The summed E-state index contributed by atoms with van der Waals surface area (Å²) < 4.78 is 0. The second kappa shape index (κ2) is 3.57. The highest BCUT2D eigenvalue weighted by molar-refractivity contribution is 4.86. The van der Waals surface area contributed by atoms with Gasteiger partial charge in [0.2, 0.25) is 0 Å². The lowest BCUT2D eigenvalue weighted by Gasteiger charge is -2.44. The molecule has 0 heterocycles. The lowest BCUT2D eigenvalue weighted by Crippen LogP contribution is -2.40. The molecule has 3 unspecified atom stereocenters. The molecule has 1 aliphatic rings. The molecule has 1 aliphatic carbocycles. The average Bonchev–Trinajstić information content (AvgIpc) is 1.86. The van der Waals surface area contributed by atoms with Crippen LogP contribution in [0.3, 0.4) is 0 Å². The molecule has 1 rings (SSSR count). The van der Waals surface area contributed by atoms with Crippen LogP contribution in [0.25, 0.3) is 0 Å². The molecule has 0 aliphatic heterocycles. The van der Waals surface area contributed by atoms with Gasteiger partial charge in [0.15, 0.2) is 0 Å². The molecular formula is C10H21N. The molecule has 11 heavy (non-hydrogen) atoms. The van der Waals surface area contributed by atoms with Gasteiger partial charge in [-0.1, -0.05) is 20.3 Å². The summed E-state index contributed by atoms with van der Waals surface area (Å²) in [6, 6.07) is 0. The van der Waals surface area contributed by atoms with Gasteiger partial charge in [0.1, 0.15) is 0 Å². The molecule has 1 saturated carbocycles. The van der Waals surface area contributed by atoms with E-state index in [2.05, 4.69) is 32.8 Å². The number of hydrogen-bond acceptors (Lipinski definition) is 1. The monoisotopic (exact) mass is 155 g/mol. The van der Waals surface area contributed by atoms with E-state index >= 15 is 0 Å². The molecule has 3 atom stereocenters. The van der Waals surface area contributed by atoms with E-state index in [4.69, 9.17) is 0 Å². The Bertz CT molecular complexity index is 120. The zero-order valence-corrected chi connectivity index (χ0v) is 8.30. The fourth-order valence-electron chi connectivity index (χ4n) is 2.51. The van der Waals surface area contributed by atoms with Crippen LogP contribution >= 0.6 is 0 Å². The smallest absolute Gasteiger partial charge is 0.000641 e. The van der Waals surface area contributed by atoms with Gasteiger partial charge in [-0.3, -0.25) is 0 Å². The molecule has 1 fully saturated rings. The SMILES string of the molecule is CCC1C(C)CC1CN(C)C. The van der Waals surface area contributed by atoms with Crippen molar-refractivity contribution in [3.8, 4) is 0 Å². The van der Waals surface area contributed by atoms with Crippen LogP contribution < -0.4 is 0 Å². The van der Waals surface area contributed by atoms with Crippen molar-refractivity contribution in [1.29, 1.82) is 0 Å². The normalized spacial score (nSPS) is 37.4. The van der Waals surface area contributed by atoms with Crippen LogP contribution in [0.5, 0.6) is 0 Å². The molecule has 0 bridgehead atoms. The van der Waals surface area contributed by atoms with Crippen LogP contribution in [0.2, 0.25) is 0 Å². The summed E-state index contributed by atoms with van der Waals surface area (Å²) in [6.45, 7) is 6.01. The molecule has 1 nitrogen and oxygen atoms in total. The van der Waals surface area contributed by atoms with Gasteiger partial charge in [-0.2, -0.15) is 0 Å². The van der Waals surface area contributed by atoms with E-state index in [9.17, 15) is 0 Å². The molecule has 66 valence electrons. The standard InChI is InChI=1S/C10H21N/c1-5-10-8(2)6-9(10)7-11(3)4/h8-10H,5-7H2,1-4H3. The zero-order chi connectivity index (χ0) is 8.43. The van der Waals surface area contributed by atoms with Gasteiger partial charge in [0.05, 0.1) is 0 Å². The van der Waals surface area contributed by atoms with Crippen molar-refractivity contribution in [1.82, 2.24) is 4.90 Å². The molecule has 0 spiro atoms. The minimum atomic E-state index is 0.991. The highest BCUT2D eigenvalue weighted by Gasteiger charge is 2.36. The van der Waals surface area contributed by atoms with Gasteiger partial charge in [-0.05, 0) is 38.3 Å². The van der Waals surface area contributed by atoms with E-state index < -0.39 is 0 Å². The number of rotatable bonds is 3. The third kappa shape index (κ3) is 1.96. The van der Waals surface area contributed by atoms with Crippen molar-refractivity contribution >= 4 is 0 Å². The van der Waals surface area contributed by atoms with Gasteiger partial charge in [-0.15, -0.1) is 0 Å². The summed E-state index contributed by atoms with van der Waals surface area (Å²) in [7, 11) is 4.35. The number of nitrogens with zero attached hydrogens (tertiary/aromatic N) is 1. The summed E-state index contributed by atoms with van der Waals surface area (Å²) in [5.74, 6) is 2.99. The Morgan fingerprint density at radius 1 is 1.36 bits per heavy atom. The second-order valence-corrected chi connectivity index (χ2v) is 4.31. The van der Waals surface area contributed by atoms with Crippen molar-refractivity contribution in [3.05, 3.63) is 0 Å². The maximum atomic E-state index is 2.39. The summed E-state index contributed by atoms with van der Waals surface area (Å²) in [5, 5.41) is 0. The van der Waals surface area contributed by atoms with Crippen molar-refractivity contribution < 1.29 is 0 Å². The van der Waals surface area contributed by atoms with Crippen molar-refractivity contribution in [3.63, 3.8) is 0 Å². The predicted molar refractivity (Wildman–Crippen MR) is 49.6 cm³/mol. The van der Waals surface area contributed by atoms with Crippen molar-refractivity contribution in [2.45, 2.75) is 26.7 Å². The topological polar surface area (TPSA) is 3.24 Å². The lowest BCUT2D eigenvalue weighted by atomic mass is 9.64. The Morgan fingerprint density at radius 3 is 2.36 bits per heavy atom. The first kappa shape index (κ1) is 9.05. The first-order valence-corrected chi connectivity index (χ1v) is 4.79. The minimum Gasteiger partial charge on any atom is -0.309 e. The average molecular weight is 155 g/mol. The lowest BCUT2D eigenvalue weighted by molar-refractivity contribution is 0.0588. The Balaban J connectivity index is 2.27. The zero-order valence-electron chi connectivity index (χ0n) is 8.30. The van der Waals surface area contributed by atoms with Gasteiger partial charge < -0.3 is 4.90 Å². The van der Waals surface area contributed by atoms with E-state index in [-0.39, 0.29) is 0 Å². The predicted octanol–water partition coefficient (Wildman–Crippen LogP) is 2.23. The van der Waals surface area contributed by atoms with Gasteiger partial charge in [0, 0.05) is 6.54 Å². The molecular weight excluding hydrogens is 134 g/mol. The van der Waals surface area contributed by atoms with Crippen molar-refractivity contribution in [2.24, 2.45) is 17.8 Å². The summed E-state index contributed by atoms with van der Waals surface area (Å²) >= 11 is 0. The van der Waals surface area contributed by atoms with Gasteiger partial charge in [-0.25, -0.2) is 0 Å². The summed E-state index contributed by atoms with van der Waals surface area (Å²) in [5.41, 5.74) is 0. The maximum Gasteiger partial charge on any atom is 0.000641 e. The quantitative estimate of drug-likeness (QED) is 0.604. The Hall–Kier alpha value is -0.0400. The first-order chi connectivity index (χ1) is 5.15. The van der Waals surface area contributed by atoms with Crippen LogP contribution in [0.4, 0.5) is 0 Å². The Kier molecular flexibility index (Phi) is 2.94. The van der Waals surface area contributed by atoms with E-state index in [1.807, 2.05) is 0 Å². The number of hydrogen-bond donors (Lipinski definition) is 0. The fourth-order valence-corrected chi connectivity index (χ4v) is 2.51. The van der Waals surface area contributed by atoms with E-state index in [1.165, 1.54) is 19.4 Å². The van der Waals surface area contributed by atoms with E-state index in [0.29, 0.717) is 0 Å². The molecule has 0 radical (unpaired) electrons. The summed E-state index contributed by atoms with van der Waals surface area (Å²) in [6.07, 6.45) is 2.83. The van der Waals surface area contributed by atoms with E-state index in [0.717, 1.165) is 17.8 Å². The Morgan fingerprint density at radius 2 is 2.00 bits per heavy atom. The molecule has 0 saturated heterocycles. The van der Waals surface area contributed by atoms with Crippen LogP contribution in [-0.2, 0) is 0 Å².